The molecule has 158 valence electrons. The normalized spacial score (nSPS) is 14.9. The summed E-state index contributed by atoms with van der Waals surface area (Å²) in [6, 6.07) is 9.06. The van der Waals surface area contributed by atoms with E-state index in [0.29, 0.717) is 6.04 Å². The second-order valence-electron chi connectivity index (χ2n) is 6.19. The second kappa shape index (κ2) is 14.9. The van der Waals surface area contributed by atoms with E-state index in [1.54, 1.807) is 6.20 Å². The number of hydrogen-bond acceptors (Lipinski definition) is 5. The van der Waals surface area contributed by atoms with Crippen LogP contribution in [0.15, 0.2) is 55.1 Å². The Morgan fingerprint density at radius 2 is 2.03 bits per heavy atom. The summed E-state index contributed by atoms with van der Waals surface area (Å²) in [5, 5.41) is 13.8. The van der Waals surface area contributed by atoms with E-state index in [4.69, 9.17) is 24.5 Å². The number of hydrogen-bond donors (Lipinski definition) is 2. The van der Waals surface area contributed by atoms with Crippen molar-refractivity contribution in [3.8, 4) is 5.75 Å². The van der Waals surface area contributed by atoms with Crippen LogP contribution < -0.4 is 4.74 Å². The molecule has 1 aliphatic rings. The van der Waals surface area contributed by atoms with Crippen molar-refractivity contribution in [3.63, 3.8) is 0 Å². The largest absolute Gasteiger partial charge is 0.494 e. The van der Waals surface area contributed by atoms with Gasteiger partial charge < -0.3 is 19.5 Å². The molecule has 0 aliphatic carbocycles. The summed E-state index contributed by atoms with van der Waals surface area (Å²) in [5.41, 5.74) is 1.32. The molecule has 1 unspecified atom stereocenters. The van der Waals surface area contributed by atoms with Crippen molar-refractivity contribution in [2.75, 3.05) is 13.2 Å². The van der Waals surface area contributed by atoms with E-state index in [0.717, 1.165) is 38.4 Å². The Kier molecular flexibility index (Phi) is 12.3. The molecular weight excluding hydrogens is 374 g/mol. The van der Waals surface area contributed by atoms with Gasteiger partial charge in [0.15, 0.2) is 0 Å². The molecule has 29 heavy (non-hydrogen) atoms. The highest BCUT2D eigenvalue weighted by molar-refractivity contribution is 5.33. The average Bonchev–Trinajstić information content (AvgIpc) is 3.39. The monoisotopic (exact) mass is 403 g/mol. The summed E-state index contributed by atoms with van der Waals surface area (Å²) in [6.45, 7) is 5.45. The van der Waals surface area contributed by atoms with Gasteiger partial charge in [0.05, 0.1) is 12.9 Å². The predicted molar refractivity (Wildman–Crippen MR) is 110 cm³/mol. The molecule has 1 aromatic heterocycles. The Bertz CT molecular complexity index is 713. The van der Waals surface area contributed by atoms with Gasteiger partial charge in [-0.05, 0) is 30.5 Å². The van der Waals surface area contributed by atoms with Crippen molar-refractivity contribution in [1.29, 1.82) is 0 Å². The number of ether oxygens (including phenoxy) is 1. The van der Waals surface area contributed by atoms with Crippen molar-refractivity contribution >= 4 is 12.9 Å². The number of rotatable bonds is 8. The van der Waals surface area contributed by atoms with E-state index >= 15 is 0 Å². The molecule has 0 radical (unpaired) electrons. The first-order valence-electron chi connectivity index (χ1n) is 9.42. The van der Waals surface area contributed by atoms with Gasteiger partial charge in [-0.1, -0.05) is 31.2 Å². The molecule has 8 heteroatoms. The number of aromatic nitrogens is 2. The van der Waals surface area contributed by atoms with Gasteiger partial charge >= 0.3 is 0 Å². The van der Waals surface area contributed by atoms with Crippen LogP contribution >= 0.6 is 0 Å². The number of nitrogens with zero attached hydrogens (tertiary/aromatic N) is 3. The fourth-order valence-corrected chi connectivity index (χ4v) is 3.01. The topological polar surface area (TPSA) is 105 Å². The van der Waals surface area contributed by atoms with Crippen molar-refractivity contribution in [2.24, 2.45) is 0 Å². The van der Waals surface area contributed by atoms with E-state index in [2.05, 4.69) is 51.7 Å². The van der Waals surface area contributed by atoms with Crippen molar-refractivity contribution < 1.29 is 24.5 Å². The van der Waals surface area contributed by atoms with Crippen LogP contribution in [0.25, 0.3) is 0 Å². The minimum Gasteiger partial charge on any atom is -0.494 e. The molecular formula is C21H29N3O5. The molecule has 2 N–H and O–H groups in total. The zero-order valence-electron chi connectivity index (χ0n) is 16.6. The third kappa shape index (κ3) is 9.57. The molecule has 1 atom stereocenters. The molecule has 1 aliphatic heterocycles. The van der Waals surface area contributed by atoms with E-state index in [1.807, 2.05) is 18.6 Å². The Hall–Kier alpha value is -3.13. The number of carboxylic acid groups (broad SMARTS) is 2. The fraction of sp³-hybridized carbons (Fsp3) is 0.381. The van der Waals surface area contributed by atoms with E-state index in [-0.39, 0.29) is 12.9 Å². The minimum absolute atomic E-state index is 0.250. The Morgan fingerprint density at radius 3 is 2.69 bits per heavy atom. The van der Waals surface area contributed by atoms with Crippen LogP contribution in [-0.2, 0) is 22.7 Å². The molecule has 0 amide bonds. The van der Waals surface area contributed by atoms with Crippen molar-refractivity contribution in [1.82, 2.24) is 14.5 Å². The zero-order chi connectivity index (χ0) is 21.3. The molecule has 0 fully saturated rings. The third-order valence-corrected chi connectivity index (χ3v) is 4.26. The summed E-state index contributed by atoms with van der Waals surface area (Å²) in [6.07, 6.45) is 12.4. The number of benzene rings is 1. The van der Waals surface area contributed by atoms with Gasteiger partial charge in [0.2, 0.25) is 0 Å². The van der Waals surface area contributed by atoms with Crippen LogP contribution in [-0.4, -0.2) is 56.8 Å². The Labute approximate surface area is 171 Å². The van der Waals surface area contributed by atoms with E-state index < -0.39 is 0 Å². The minimum atomic E-state index is -0.250. The predicted octanol–water partition coefficient (Wildman–Crippen LogP) is 2.90. The standard InChI is InChI=1S/C19H25N3O.2CH2O2/c1-2-18-7-4-11-22(18)15-17-6-3-8-19(14-17)23-13-5-10-21-12-9-20-16-21;2*2-1-3/h3-4,6-9,12,14,16,18H,2,5,10-11,13,15H2,1H3;2*1H,(H,2,3). The van der Waals surface area contributed by atoms with Gasteiger partial charge in [-0.3, -0.25) is 14.5 Å². The Balaban J connectivity index is 0.000000626. The van der Waals surface area contributed by atoms with Crippen molar-refractivity contribution in [2.45, 2.75) is 38.9 Å². The maximum absolute atomic E-state index is 8.36. The lowest BCUT2D eigenvalue weighted by Crippen LogP contribution is -2.28. The molecule has 0 saturated heterocycles. The molecule has 0 saturated carbocycles. The summed E-state index contributed by atoms with van der Waals surface area (Å²) < 4.78 is 7.97. The smallest absolute Gasteiger partial charge is 0.290 e. The lowest BCUT2D eigenvalue weighted by Gasteiger charge is -2.23. The zero-order valence-corrected chi connectivity index (χ0v) is 16.6. The average molecular weight is 403 g/mol. The number of imidazole rings is 1. The number of carbonyl (C=O) groups is 2. The van der Waals surface area contributed by atoms with Crippen LogP contribution in [0.3, 0.4) is 0 Å². The van der Waals surface area contributed by atoms with Crippen LogP contribution in [0.1, 0.15) is 25.3 Å². The lowest BCUT2D eigenvalue weighted by atomic mass is 10.1. The first kappa shape index (κ1) is 23.9. The van der Waals surface area contributed by atoms with E-state index in [1.165, 1.54) is 12.0 Å². The molecule has 2 heterocycles. The van der Waals surface area contributed by atoms with Gasteiger partial charge in [0, 0.05) is 38.1 Å². The fourth-order valence-electron chi connectivity index (χ4n) is 3.01. The van der Waals surface area contributed by atoms with Gasteiger partial charge in [-0.2, -0.15) is 0 Å². The maximum Gasteiger partial charge on any atom is 0.290 e. The van der Waals surface area contributed by atoms with Crippen LogP contribution in [0.4, 0.5) is 0 Å². The van der Waals surface area contributed by atoms with Gasteiger partial charge in [-0.15, -0.1) is 0 Å². The maximum atomic E-state index is 8.36. The molecule has 3 rings (SSSR count). The van der Waals surface area contributed by atoms with Crippen LogP contribution in [0.2, 0.25) is 0 Å². The first-order valence-corrected chi connectivity index (χ1v) is 9.42. The highest BCUT2D eigenvalue weighted by Crippen LogP contribution is 2.20. The summed E-state index contributed by atoms with van der Waals surface area (Å²) in [5.74, 6) is 0.966. The van der Waals surface area contributed by atoms with Crippen LogP contribution in [0, 0.1) is 0 Å². The van der Waals surface area contributed by atoms with E-state index in [9.17, 15) is 0 Å². The highest BCUT2D eigenvalue weighted by atomic mass is 16.5. The first-order chi connectivity index (χ1) is 14.2. The number of aryl methyl sites for hydroxylation is 1. The van der Waals surface area contributed by atoms with Crippen LogP contribution in [0.5, 0.6) is 5.75 Å². The quantitative estimate of drug-likeness (QED) is 0.397. The molecule has 1 aromatic carbocycles. The van der Waals surface area contributed by atoms with Gasteiger partial charge in [0.25, 0.3) is 12.9 Å². The summed E-state index contributed by atoms with van der Waals surface area (Å²) in [7, 11) is 0. The molecule has 8 nitrogen and oxygen atoms in total. The summed E-state index contributed by atoms with van der Waals surface area (Å²) >= 11 is 0. The molecule has 2 aromatic rings. The third-order valence-electron chi connectivity index (χ3n) is 4.26. The van der Waals surface area contributed by atoms with Crippen molar-refractivity contribution in [3.05, 3.63) is 60.7 Å². The van der Waals surface area contributed by atoms with Gasteiger partial charge in [0.1, 0.15) is 5.75 Å². The second-order valence-corrected chi connectivity index (χ2v) is 6.19. The SMILES string of the molecule is CCC1C=CCN1Cc1cccc(OCCCn2ccnc2)c1.O=CO.O=CO. The Morgan fingerprint density at radius 1 is 1.28 bits per heavy atom. The van der Waals surface area contributed by atoms with Gasteiger partial charge in [-0.25, -0.2) is 4.98 Å². The highest BCUT2D eigenvalue weighted by Gasteiger charge is 2.17. The molecule has 0 bridgehead atoms. The molecule has 0 spiro atoms. The lowest BCUT2D eigenvalue weighted by molar-refractivity contribution is -0.123. The summed E-state index contributed by atoms with van der Waals surface area (Å²) in [4.78, 5) is 23.3.